The molecule has 0 aromatic heterocycles. The summed E-state index contributed by atoms with van der Waals surface area (Å²) in [7, 11) is 0. The van der Waals surface area contributed by atoms with E-state index in [-0.39, 0.29) is 33.2 Å². The van der Waals surface area contributed by atoms with Crippen molar-refractivity contribution in [1.29, 1.82) is 0 Å². The Bertz CT molecular complexity index is 1650. The summed E-state index contributed by atoms with van der Waals surface area (Å²) >= 11 is 0. The number of fused-ring (bicyclic) bond motifs is 1. The van der Waals surface area contributed by atoms with Crippen LogP contribution in [0.2, 0.25) is 0 Å². The van der Waals surface area contributed by atoms with Gasteiger partial charge in [0.1, 0.15) is 11.5 Å². The Morgan fingerprint density at radius 1 is 0.543 bits per heavy atom. The van der Waals surface area contributed by atoms with Gasteiger partial charge >= 0.3 is 0 Å². The van der Waals surface area contributed by atoms with Gasteiger partial charge < -0.3 is 10.2 Å². The minimum atomic E-state index is -0.218. The average molecular weight is 619 g/mol. The van der Waals surface area contributed by atoms with Crippen LogP contribution in [0.5, 0.6) is 11.5 Å². The summed E-state index contributed by atoms with van der Waals surface area (Å²) in [6, 6.07) is 20.5. The van der Waals surface area contributed by atoms with E-state index in [1.54, 1.807) is 12.4 Å². The van der Waals surface area contributed by atoms with Crippen LogP contribution in [0.3, 0.4) is 0 Å². The van der Waals surface area contributed by atoms with Gasteiger partial charge in [-0.25, -0.2) is 0 Å². The summed E-state index contributed by atoms with van der Waals surface area (Å²) in [5.74, 6) is 0.542. The van der Waals surface area contributed by atoms with Gasteiger partial charge in [-0.15, -0.1) is 0 Å². The molecular formula is C42H54N2O2. The van der Waals surface area contributed by atoms with Crippen molar-refractivity contribution in [3.63, 3.8) is 0 Å². The van der Waals surface area contributed by atoms with E-state index >= 15 is 0 Å². The van der Waals surface area contributed by atoms with E-state index < -0.39 is 0 Å². The first-order valence-electron chi connectivity index (χ1n) is 16.4. The molecule has 4 nitrogen and oxygen atoms in total. The zero-order valence-electron chi connectivity index (χ0n) is 30.1. The Hall–Kier alpha value is -3.92. The molecule has 0 aliphatic carbocycles. The van der Waals surface area contributed by atoms with E-state index in [4.69, 9.17) is 9.98 Å². The zero-order valence-corrected chi connectivity index (χ0v) is 30.1. The fraction of sp³-hybridized carbons (Fsp3) is 0.429. The lowest BCUT2D eigenvalue weighted by Crippen LogP contribution is -2.15. The first kappa shape index (κ1) is 34.9. The van der Waals surface area contributed by atoms with E-state index in [1.807, 2.05) is 24.3 Å². The van der Waals surface area contributed by atoms with E-state index in [9.17, 15) is 10.2 Å². The fourth-order valence-electron chi connectivity index (χ4n) is 6.00. The van der Waals surface area contributed by atoms with Crippen LogP contribution in [0.4, 0.5) is 11.4 Å². The van der Waals surface area contributed by atoms with Gasteiger partial charge in [-0.2, -0.15) is 0 Å². The number of phenols is 2. The molecule has 0 bridgehead atoms. The standard InChI is InChI=1S/C42H54N2O2/c1-39(2,3)23-27-19-30(37(45)32(21-27)41(7,8)9)25-43-34-17-13-15-29-16-14-18-35(36(29)34)44-26-31-20-28(24-40(4,5)6)22-33(38(31)46)42(10,11)12/h13-22,25-26,45-46H,23-24H2,1-12H3. The molecule has 2 N–H and O–H groups in total. The van der Waals surface area contributed by atoms with Crippen molar-refractivity contribution < 1.29 is 10.2 Å². The minimum absolute atomic E-state index is 0.109. The molecule has 0 unspecified atom stereocenters. The SMILES string of the molecule is CC(C)(C)Cc1cc(C=Nc2cccc3cccc(N=Cc4cc(CC(C)(C)C)cc(C(C)(C)C)c4O)c23)c(O)c(C(C)(C)C)c1. The Kier molecular flexibility index (Phi) is 9.65. The Morgan fingerprint density at radius 3 is 1.24 bits per heavy atom. The third-order valence-corrected chi connectivity index (χ3v) is 8.03. The second-order valence-electron chi connectivity index (χ2n) is 17.3. The Morgan fingerprint density at radius 2 is 0.913 bits per heavy atom. The molecule has 0 saturated heterocycles. The maximum atomic E-state index is 11.4. The van der Waals surface area contributed by atoms with Gasteiger partial charge in [-0.05, 0) is 75.3 Å². The Labute approximate surface area is 277 Å². The molecule has 244 valence electrons. The number of hydrogen-bond donors (Lipinski definition) is 2. The highest BCUT2D eigenvalue weighted by Gasteiger charge is 2.24. The van der Waals surface area contributed by atoms with Gasteiger partial charge in [-0.1, -0.05) is 119 Å². The molecule has 0 saturated carbocycles. The molecule has 4 heteroatoms. The average Bonchev–Trinajstić information content (AvgIpc) is 2.90. The number of aromatic hydroxyl groups is 2. The number of phenolic OH excluding ortho intramolecular Hbond substituents is 2. The summed E-state index contributed by atoms with van der Waals surface area (Å²) in [5, 5.41) is 24.7. The number of rotatable bonds is 6. The molecule has 0 fully saturated rings. The molecule has 46 heavy (non-hydrogen) atoms. The Balaban J connectivity index is 1.83. The largest absolute Gasteiger partial charge is 0.507 e. The number of aliphatic imine (C=N–C) groups is 2. The van der Waals surface area contributed by atoms with E-state index in [0.717, 1.165) is 46.1 Å². The molecule has 0 aliphatic heterocycles. The molecule has 4 aromatic carbocycles. The normalized spacial score (nSPS) is 13.4. The number of benzene rings is 4. The topological polar surface area (TPSA) is 65.2 Å². The van der Waals surface area contributed by atoms with Crippen LogP contribution in [0.25, 0.3) is 10.8 Å². The predicted molar refractivity (Wildman–Crippen MR) is 198 cm³/mol. The lowest BCUT2D eigenvalue weighted by Gasteiger charge is -2.25. The van der Waals surface area contributed by atoms with Crippen LogP contribution in [-0.2, 0) is 23.7 Å². The van der Waals surface area contributed by atoms with Crippen molar-refractivity contribution in [2.24, 2.45) is 20.8 Å². The minimum Gasteiger partial charge on any atom is -0.507 e. The van der Waals surface area contributed by atoms with Gasteiger partial charge in [0.15, 0.2) is 0 Å². The van der Waals surface area contributed by atoms with Crippen molar-refractivity contribution in [3.8, 4) is 11.5 Å². The molecule has 0 radical (unpaired) electrons. The van der Waals surface area contributed by atoms with Gasteiger partial charge in [0.05, 0.1) is 11.4 Å². The lowest BCUT2D eigenvalue weighted by atomic mass is 9.81. The van der Waals surface area contributed by atoms with Crippen LogP contribution < -0.4 is 0 Å². The second-order valence-corrected chi connectivity index (χ2v) is 17.3. The molecule has 0 spiro atoms. The van der Waals surface area contributed by atoms with Gasteiger partial charge in [0.25, 0.3) is 0 Å². The highest BCUT2D eigenvalue weighted by molar-refractivity contribution is 6.04. The van der Waals surface area contributed by atoms with Crippen LogP contribution in [0.1, 0.15) is 116 Å². The van der Waals surface area contributed by atoms with E-state index in [1.165, 1.54) is 11.1 Å². The first-order chi connectivity index (χ1) is 21.1. The fourth-order valence-corrected chi connectivity index (χ4v) is 6.00. The van der Waals surface area contributed by atoms with Gasteiger partial charge in [-0.3, -0.25) is 9.98 Å². The third kappa shape index (κ3) is 8.66. The van der Waals surface area contributed by atoms with Crippen molar-refractivity contribution in [2.45, 2.75) is 107 Å². The summed E-state index contributed by atoms with van der Waals surface area (Å²) in [5.41, 5.74) is 6.94. The van der Waals surface area contributed by atoms with Crippen molar-refractivity contribution in [2.75, 3.05) is 0 Å². The first-order valence-corrected chi connectivity index (χ1v) is 16.4. The van der Waals surface area contributed by atoms with Gasteiger partial charge in [0, 0.05) is 40.1 Å². The highest BCUT2D eigenvalue weighted by Crippen LogP contribution is 2.39. The molecule has 4 aromatic rings. The van der Waals surface area contributed by atoms with Crippen molar-refractivity contribution in [3.05, 3.63) is 94.0 Å². The second kappa shape index (κ2) is 12.7. The maximum Gasteiger partial charge on any atom is 0.128 e. The van der Waals surface area contributed by atoms with Crippen LogP contribution in [0, 0.1) is 10.8 Å². The van der Waals surface area contributed by atoms with E-state index in [2.05, 4.69) is 119 Å². The molecule has 0 aliphatic rings. The molecule has 0 amide bonds. The van der Waals surface area contributed by atoms with Crippen LogP contribution >= 0.6 is 0 Å². The lowest BCUT2D eigenvalue weighted by molar-refractivity contribution is 0.408. The maximum absolute atomic E-state index is 11.4. The highest BCUT2D eigenvalue weighted by atomic mass is 16.3. The number of nitrogens with zero attached hydrogens (tertiary/aromatic N) is 2. The molecule has 4 rings (SSSR count). The predicted octanol–water partition coefficient (Wildman–Crippen LogP) is 11.5. The van der Waals surface area contributed by atoms with Gasteiger partial charge in [0.2, 0.25) is 0 Å². The third-order valence-electron chi connectivity index (χ3n) is 8.03. The monoisotopic (exact) mass is 618 g/mol. The molecule has 0 atom stereocenters. The summed E-state index contributed by atoms with van der Waals surface area (Å²) in [4.78, 5) is 9.90. The molecular weight excluding hydrogens is 564 g/mol. The van der Waals surface area contributed by atoms with Crippen LogP contribution in [-0.4, -0.2) is 22.6 Å². The smallest absolute Gasteiger partial charge is 0.128 e. The quantitative estimate of drug-likeness (QED) is 0.211. The summed E-state index contributed by atoms with van der Waals surface area (Å²) < 4.78 is 0. The summed E-state index contributed by atoms with van der Waals surface area (Å²) in [6.07, 6.45) is 5.35. The summed E-state index contributed by atoms with van der Waals surface area (Å²) in [6.45, 7) is 26.1. The number of hydrogen-bond acceptors (Lipinski definition) is 4. The van der Waals surface area contributed by atoms with Crippen LogP contribution in [0.15, 0.2) is 70.6 Å². The van der Waals surface area contributed by atoms with Crippen molar-refractivity contribution >= 4 is 34.6 Å². The zero-order chi connectivity index (χ0) is 34.2. The van der Waals surface area contributed by atoms with Crippen molar-refractivity contribution in [1.82, 2.24) is 0 Å². The van der Waals surface area contributed by atoms with E-state index in [0.29, 0.717) is 11.1 Å². The molecule has 0 heterocycles.